The van der Waals surface area contributed by atoms with Gasteiger partial charge in [-0.3, -0.25) is 14.5 Å². The van der Waals surface area contributed by atoms with Gasteiger partial charge >= 0.3 is 0 Å². The number of fused-ring (bicyclic) bond motifs is 1. The number of unbranched alkanes of at least 4 members (excludes halogenated alkanes) is 1. The summed E-state index contributed by atoms with van der Waals surface area (Å²) in [5, 5.41) is 10.4. The highest BCUT2D eigenvalue weighted by molar-refractivity contribution is 6.21. The summed E-state index contributed by atoms with van der Waals surface area (Å²) in [6.07, 6.45) is 4.83. The molecule has 1 fully saturated rings. The standard InChI is InChI=1S/C25H30N2O3/c1-2-18-9-10-20(23(28)17-18)19-11-15-26(16-12-19)13-5-6-14-27-24(29)21-7-3-4-8-22(21)25(27)30/h3-4,7-10,17,19,28H,2,5-6,11-16H2,1H3. The summed E-state index contributed by atoms with van der Waals surface area (Å²) in [6.45, 7) is 5.61. The Morgan fingerprint density at radius 1 is 0.933 bits per heavy atom. The lowest BCUT2D eigenvalue weighted by Gasteiger charge is -2.32. The first-order valence-corrected chi connectivity index (χ1v) is 11.1. The highest BCUT2D eigenvalue weighted by Gasteiger charge is 2.34. The van der Waals surface area contributed by atoms with Crippen LogP contribution in [-0.4, -0.2) is 52.9 Å². The third-order valence-electron chi connectivity index (χ3n) is 6.51. The number of imide groups is 1. The Hall–Kier alpha value is -2.66. The minimum absolute atomic E-state index is 0.162. The molecule has 0 spiro atoms. The van der Waals surface area contributed by atoms with E-state index in [-0.39, 0.29) is 11.8 Å². The van der Waals surface area contributed by atoms with E-state index in [4.69, 9.17) is 0 Å². The van der Waals surface area contributed by atoms with Crippen LogP contribution in [0.1, 0.15) is 70.4 Å². The molecule has 0 bridgehead atoms. The Kier molecular flexibility index (Phi) is 6.18. The molecule has 5 heteroatoms. The third kappa shape index (κ3) is 4.12. The van der Waals surface area contributed by atoms with E-state index in [1.165, 1.54) is 10.5 Å². The third-order valence-corrected chi connectivity index (χ3v) is 6.51. The van der Waals surface area contributed by atoms with Crippen molar-refractivity contribution in [3.05, 3.63) is 64.7 Å². The summed E-state index contributed by atoms with van der Waals surface area (Å²) in [6, 6.07) is 13.2. The Morgan fingerprint density at radius 2 is 1.57 bits per heavy atom. The Balaban J connectivity index is 1.21. The molecular weight excluding hydrogens is 376 g/mol. The first-order valence-electron chi connectivity index (χ1n) is 11.1. The highest BCUT2D eigenvalue weighted by Crippen LogP contribution is 2.34. The summed E-state index contributed by atoms with van der Waals surface area (Å²) in [7, 11) is 0. The van der Waals surface area contributed by atoms with Gasteiger partial charge in [0.2, 0.25) is 0 Å². The van der Waals surface area contributed by atoms with Gasteiger partial charge < -0.3 is 10.0 Å². The second-order valence-electron chi connectivity index (χ2n) is 8.38. The van der Waals surface area contributed by atoms with Gasteiger partial charge in [0.1, 0.15) is 5.75 Å². The monoisotopic (exact) mass is 406 g/mol. The fraction of sp³-hybridized carbons (Fsp3) is 0.440. The number of amides is 2. The van der Waals surface area contributed by atoms with E-state index in [1.807, 2.05) is 6.07 Å². The number of hydrogen-bond acceptors (Lipinski definition) is 4. The SMILES string of the molecule is CCc1ccc(C2CCN(CCCCN3C(=O)c4ccccc4C3=O)CC2)c(O)c1. The molecule has 2 aromatic carbocycles. The number of aromatic hydroxyl groups is 1. The van der Waals surface area contributed by atoms with Crippen molar-refractivity contribution < 1.29 is 14.7 Å². The predicted octanol–water partition coefficient (Wildman–Crippen LogP) is 4.21. The molecule has 5 nitrogen and oxygen atoms in total. The van der Waals surface area contributed by atoms with E-state index >= 15 is 0 Å². The fourth-order valence-corrected chi connectivity index (χ4v) is 4.67. The topological polar surface area (TPSA) is 60.9 Å². The molecule has 0 unspecified atom stereocenters. The average molecular weight is 407 g/mol. The van der Waals surface area contributed by atoms with Crippen LogP contribution in [0.15, 0.2) is 42.5 Å². The molecule has 0 aliphatic carbocycles. The van der Waals surface area contributed by atoms with Crippen LogP contribution in [0, 0.1) is 0 Å². The summed E-state index contributed by atoms with van der Waals surface area (Å²) in [5.41, 5.74) is 3.31. The molecule has 2 heterocycles. The van der Waals surface area contributed by atoms with E-state index in [0.717, 1.165) is 57.3 Å². The Morgan fingerprint density at radius 3 is 2.17 bits per heavy atom. The van der Waals surface area contributed by atoms with Crippen LogP contribution < -0.4 is 0 Å². The van der Waals surface area contributed by atoms with Crippen LogP contribution >= 0.6 is 0 Å². The molecule has 30 heavy (non-hydrogen) atoms. The maximum Gasteiger partial charge on any atom is 0.261 e. The predicted molar refractivity (Wildman–Crippen MR) is 117 cm³/mol. The molecule has 0 aromatic heterocycles. The van der Waals surface area contributed by atoms with Crippen molar-refractivity contribution in [3.8, 4) is 5.75 Å². The van der Waals surface area contributed by atoms with Crippen LogP contribution in [-0.2, 0) is 6.42 Å². The number of carbonyl (C=O) groups excluding carboxylic acids is 2. The number of piperidine rings is 1. The number of phenols is 1. The molecule has 2 aromatic rings. The van der Waals surface area contributed by atoms with E-state index in [0.29, 0.717) is 29.3 Å². The van der Waals surface area contributed by atoms with Gasteiger partial charge in [-0.1, -0.05) is 31.2 Å². The van der Waals surface area contributed by atoms with Crippen molar-refractivity contribution in [1.29, 1.82) is 0 Å². The Bertz CT molecular complexity index is 897. The summed E-state index contributed by atoms with van der Waals surface area (Å²) >= 11 is 0. The second kappa shape index (κ2) is 9.00. The van der Waals surface area contributed by atoms with Crippen LogP contribution in [0.5, 0.6) is 5.75 Å². The first kappa shape index (κ1) is 20.6. The van der Waals surface area contributed by atoms with Gasteiger partial charge in [-0.2, -0.15) is 0 Å². The molecule has 4 rings (SSSR count). The first-order chi connectivity index (χ1) is 14.6. The van der Waals surface area contributed by atoms with Crippen LogP contribution in [0.3, 0.4) is 0 Å². The molecule has 2 amide bonds. The second-order valence-corrected chi connectivity index (χ2v) is 8.38. The number of likely N-dealkylation sites (tertiary alicyclic amines) is 1. The number of rotatable bonds is 7. The number of hydrogen-bond donors (Lipinski definition) is 1. The van der Waals surface area contributed by atoms with Crippen molar-refractivity contribution in [1.82, 2.24) is 9.80 Å². The molecular formula is C25H30N2O3. The smallest absolute Gasteiger partial charge is 0.261 e. The maximum atomic E-state index is 12.4. The van der Waals surface area contributed by atoms with Crippen molar-refractivity contribution in [2.45, 2.75) is 44.9 Å². The van der Waals surface area contributed by atoms with Crippen molar-refractivity contribution in [3.63, 3.8) is 0 Å². The lowest BCUT2D eigenvalue weighted by molar-refractivity contribution is 0.0649. The molecule has 2 aliphatic heterocycles. The largest absolute Gasteiger partial charge is 0.508 e. The van der Waals surface area contributed by atoms with Gasteiger partial charge in [0.25, 0.3) is 11.8 Å². The molecule has 0 atom stereocenters. The van der Waals surface area contributed by atoms with Gasteiger partial charge in [-0.25, -0.2) is 0 Å². The lowest BCUT2D eigenvalue weighted by Crippen LogP contribution is -2.35. The van der Waals surface area contributed by atoms with Crippen molar-refractivity contribution in [2.75, 3.05) is 26.2 Å². The number of nitrogens with zero attached hydrogens (tertiary/aromatic N) is 2. The quantitative estimate of drug-likeness (QED) is 0.553. The van der Waals surface area contributed by atoms with Crippen LogP contribution in [0.4, 0.5) is 0 Å². The van der Waals surface area contributed by atoms with Gasteiger partial charge in [0.05, 0.1) is 11.1 Å². The van der Waals surface area contributed by atoms with Gasteiger partial charge in [0, 0.05) is 6.54 Å². The zero-order valence-electron chi connectivity index (χ0n) is 17.6. The molecule has 2 aliphatic rings. The summed E-state index contributed by atoms with van der Waals surface area (Å²) in [4.78, 5) is 28.7. The van der Waals surface area contributed by atoms with Crippen LogP contribution in [0.2, 0.25) is 0 Å². The van der Waals surface area contributed by atoms with Crippen molar-refractivity contribution >= 4 is 11.8 Å². The molecule has 0 radical (unpaired) electrons. The molecule has 0 saturated carbocycles. The van der Waals surface area contributed by atoms with Crippen molar-refractivity contribution in [2.24, 2.45) is 0 Å². The van der Waals surface area contributed by atoms with Gasteiger partial charge in [-0.05, 0) is 87.0 Å². The highest BCUT2D eigenvalue weighted by atomic mass is 16.3. The fourth-order valence-electron chi connectivity index (χ4n) is 4.67. The lowest BCUT2D eigenvalue weighted by atomic mass is 9.88. The number of benzene rings is 2. The summed E-state index contributed by atoms with van der Waals surface area (Å²) < 4.78 is 0. The van der Waals surface area contributed by atoms with E-state index in [9.17, 15) is 14.7 Å². The minimum Gasteiger partial charge on any atom is -0.508 e. The molecule has 1 N–H and O–H groups in total. The van der Waals surface area contributed by atoms with Gasteiger partial charge in [-0.15, -0.1) is 0 Å². The number of carbonyl (C=O) groups is 2. The maximum absolute atomic E-state index is 12.4. The summed E-state index contributed by atoms with van der Waals surface area (Å²) in [5.74, 6) is 0.537. The van der Waals surface area contributed by atoms with E-state index in [1.54, 1.807) is 24.3 Å². The van der Waals surface area contributed by atoms with Crippen LogP contribution in [0.25, 0.3) is 0 Å². The number of phenolic OH excluding ortho intramolecular Hbond substituents is 1. The van der Waals surface area contributed by atoms with Gasteiger partial charge in [0.15, 0.2) is 0 Å². The minimum atomic E-state index is -0.162. The molecule has 158 valence electrons. The Labute approximate surface area is 178 Å². The van der Waals surface area contributed by atoms with E-state index < -0.39 is 0 Å². The normalized spacial score (nSPS) is 17.6. The van der Waals surface area contributed by atoms with E-state index in [2.05, 4.69) is 24.0 Å². The zero-order valence-corrected chi connectivity index (χ0v) is 17.6. The number of aryl methyl sites for hydroxylation is 1. The molecule has 1 saturated heterocycles. The zero-order chi connectivity index (χ0) is 21.1. The average Bonchev–Trinajstić information content (AvgIpc) is 3.02.